The van der Waals surface area contributed by atoms with Crippen molar-refractivity contribution in [3.05, 3.63) is 87.0 Å². The molecular formula is C23H18ClNO2S3. The summed E-state index contributed by atoms with van der Waals surface area (Å²) in [7, 11) is 0. The number of rotatable bonds is 5. The van der Waals surface area contributed by atoms with Gasteiger partial charge in [-0.3, -0.25) is 9.69 Å². The van der Waals surface area contributed by atoms with E-state index in [0.29, 0.717) is 15.0 Å². The molecule has 1 saturated heterocycles. The first-order valence-corrected chi connectivity index (χ1v) is 11.8. The first-order valence-electron chi connectivity index (χ1n) is 9.23. The third-order valence-electron chi connectivity index (χ3n) is 4.57. The molecule has 0 bridgehead atoms. The molecule has 1 amide bonds. The van der Waals surface area contributed by atoms with E-state index in [1.807, 2.05) is 68.4 Å². The lowest BCUT2D eigenvalue weighted by molar-refractivity contribution is -0.113. The van der Waals surface area contributed by atoms with Gasteiger partial charge in [-0.25, -0.2) is 0 Å². The number of thiocarbonyl (C=S) groups is 1. The minimum absolute atomic E-state index is 0.120. The minimum Gasteiger partial charge on any atom is -0.450 e. The monoisotopic (exact) mass is 471 g/mol. The van der Waals surface area contributed by atoms with E-state index < -0.39 is 0 Å². The molecule has 7 heteroatoms. The maximum absolute atomic E-state index is 13.0. The molecule has 0 aliphatic carbocycles. The zero-order valence-electron chi connectivity index (χ0n) is 16.3. The summed E-state index contributed by atoms with van der Waals surface area (Å²) in [5, 5.41) is 1.52. The van der Waals surface area contributed by atoms with Crippen LogP contribution in [0.4, 0.5) is 5.69 Å². The fraction of sp³-hybridized carbons (Fsp3) is 0.130. The van der Waals surface area contributed by atoms with Gasteiger partial charge >= 0.3 is 0 Å². The lowest BCUT2D eigenvalue weighted by Gasteiger charge is -2.17. The Bertz CT molecular complexity index is 1150. The summed E-state index contributed by atoms with van der Waals surface area (Å²) in [6.07, 6.45) is 1.76. The van der Waals surface area contributed by atoms with Crippen molar-refractivity contribution in [2.45, 2.75) is 24.7 Å². The standard InChI is InChI=1S/C23H18ClNO2S3/c1-14-3-4-15(2)19(11-14)25-22(26)20(30-23(25)28)12-18-9-10-21(27-18)29-13-16-5-7-17(24)8-6-16/h3-12H,13H2,1-2H3. The van der Waals surface area contributed by atoms with Crippen molar-refractivity contribution in [3.63, 3.8) is 0 Å². The normalized spacial score (nSPS) is 15.4. The molecule has 0 radical (unpaired) electrons. The topological polar surface area (TPSA) is 33.5 Å². The van der Waals surface area contributed by atoms with Crippen LogP contribution >= 0.6 is 47.3 Å². The first kappa shape index (κ1) is 21.2. The molecule has 0 unspecified atom stereocenters. The Hall–Kier alpha value is -1.99. The SMILES string of the molecule is Cc1ccc(C)c(N2C(=O)C(=Cc3ccc(SCc4ccc(Cl)cc4)o3)SC2=S)c1. The van der Waals surface area contributed by atoms with E-state index in [0.717, 1.165) is 38.2 Å². The molecule has 0 saturated carbocycles. The zero-order valence-corrected chi connectivity index (χ0v) is 19.6. The number of hydrogen-bond donors (Lipinski definition) is 0. The first-order chi connectivity index (χ1) is 14.4. The highest BCUT2D eigenvalue weighted by molar-refractivity contribution is 8.27. The molecule has 1 aliphatic rings. The van der Waals surface area contributed by atoms with Gasteiger partial charge in [0.1, 0.15) is 5.76 Å². The van der Waals surface area contributed by atoms with Crippen LogP contribution in [0.15, 0.2) is 69.0 Å². The van der Waals surface area contributed by atoms with Gasteiger partial charge in [-0.05, 0) is 60.9 Å². The highest BCUT2D eigenvalue weighted by Gasteiger charge is 2.34. The summed E-state index contributed by atoms with van der Waals surface area (Å²) in [6, 6.07) is 17.6. The average molecular weight is 472 g/mol. The smallest absolute Gasteiger partial charge is 0.270 e. The second-order valence-electron chi connectivity index (χ2n) is 6.88. The lowest BCUT2D eigenvalue weighted by atomic mass is 10.1. The van der Waals surface area contributed by atoms with Gasteiger partial charge in [-0.1, -0.05) is 71.6 Å². The van der Waals surface area contributed by atoms with E-state index >= 15 is 0 Å². The molecule has 30 heavy (non-hydrogen) atoms. The number of aryl methyl sites for hydroxylation is 2. The summed E-state index contributed by atoms with van der Waals surface area (Å²) < 4.78 is 6.42. The van der Waals surface area contributed by atoms with Crippen LogP contribution in [0.2, 0.25) is 5.02 Å². The summed E-state index contributed by atoms with van der Waals surface area (Å²) in [4.78, 5) is 15.2. The third kappa shape index (κ3) is 4.67. The van der Waals surface area contributed by atoms with Crippen LogP contribution in [0.1, 0.15) is 22.5 Å². The molecule has 2 aromatic carbocycles. The quantitative estimate of drug-likeness (QED) is 0.222. The van der Waals surface area contributed by atoms with Gasteiger partial charge in [0.05, 0.1) is 10.6 Å². The van der Waals surface area contributed by atoms with Crippen LogP contribution in [-0.4, -0.2) is 10.2 Å². The fourth-order valence-electron chi connectivity index (χ4n) is 2.99. The minimum atomic E-state index is -0.120. The maximum Gasteiger partial charge on any atom is 0.270 e. The third-order valence-corrected chi connectivity index (χ3v) is 7.10. The van der Waals surface area contributed by atoms with Crippen LogP contribution in [0, 0.1) is 13.8 Å². The largest absolute Gasteiger partial charge is 0.450 e. The Kier molecular flexibility index (Phi) is 6.39. The van der Waals surface area contributed by atoms with Gasteiger partial charge in [0.2, 0.25) is 0 Å². The Morgan fingerprint density at radius 1 is 1.13 bits per heavy atom. The van der Waals surface area contributed by atoms with E-state index in [1.165, 1.54) is 11.8 Å². The Labute approximate surface area is 194 Å². The number of amides is 1. The molecule has 4 rings (SSSR count). The van der Waals surface area contributed by atoms with Gasteiger partial charge in [-0.2, -0.15) is 0 Å². The van der Waals surface area contributed by atoms with Gasteiger partial charge in [0.25, 0.3) is 5.91 Å². The molecule has 152 valence electrons. The van der Waals surface area contributed by atoms with Crippen molar-refractivity contribution in [2.24, 2.45) is 0 Å². The molecule has 1 aliphatic heterocycles. The van der Waals surface area contributed by atoms with Gasteiger partial charge in [0.15, 0.2) is 9.41 Å². The van der Waals surface area contributed by atoms with Gasteiger partial charge < -0.3 is 4.42 Å². The summed E-state index contributed by atoms with van der Waals surface area (Å²) in [6.45, 7) is 3.98. The summed E-state index contributed by atoms with van der Waals surface area (Å²) >= 11 is 14.3. The molecule has 3 aromatic rings. The highest BCUT2D eigenvalue weighted by Crippen LogP contribution is 2.38. The highest BCUT2D eigenvalue weighted by atomic mass is 35.5. The van der Waals surface area contributed by atoms with Gasteiger partial charge in [0, 0.05) is 16.9 Å². The Balaban J connectivity index is 1.49. The molecule has 1 aromatic heterocycles. The number of halogens is 1. The van der Waals surface area contributed by atoms with Crippen molar-refractivity contribution in [2.75, 3.05) is 4.90 Å². The van der Waals surface area contributed by atoms with Crippen molar-refractivity contribution in [1.29, 1.82) is 0 Å². The number of nitrogens with zero attached hydrogens (tertiary/aromatic N) is 1. The van der Waals surface area contributed by atoms with Crippen molar-refractivity contribution in [3.8, 4) is 0 Å². The molecule has 0 spiro atoms. The van der Waals surface area contributed by atoms with Crippen LogP contribution in [0.5, 0.6) is 0 Å². The van der Waals surface area contributed by atoms with Crippen molar-refractivity contribution < 1.29 is 9.21 Å². The molecule has 3 nitrogen and oxygen atoms in total. The van der Waals surface area contributed by atoms with E-state index in [2.05, 4.69) is 0 Å². The molecular weight excluding hydrogens is 454 g/mol. The van der Waals surface area contributed by atoms with E-state index in [1.54, 1.807) is 22.7 Å². The van der Waals surface area contributed by atoms with Crippen LogP contribution < -0.4 is 4.90 Å². The Morgan fingerprint density at radius 2 is 1.90 bits per heavy atom. The predicted molar refractivity (Wildman–Crippen MR) is 131 cm³/mol. The molecule has 2 heterocycles. The van der Waals surface area contributed by atoms with E-state index in [4.69, 9.17) is 28.2 Å². The number of hydrogen-bond acceptors (Lipinski definition) is 5. The number of furan rings is 1. The van der Waals surface area contributed by atoms with Crippen molar-refractivity contribution >= 4 is 69.3 Å². The summed E-state index contributed by atoms with van der Waals surface area (Å²) in [5.41, 5.74) is 4.09. The van der Waals surface area contributed by atoms with Crippen LogP contribution in [0.25, 0.3) is 6.08 Å². The Morgan fingerprint density at radius 3 is 2.67 bits per heavy atom. The maximum atomic E-state index is 13.0. The van der Waals surface area contributed by atoms with Crippen LogP contribution in [0.3, 0.4) is 0 Å². The van der Waals surface area contributed by atoms with Crippen LogP contribution in [-0.2, 0) is 10.5 Å². The molecule has 0 atom stereocenters. The second-order valence-corrected chi connectivity index (χ2v) is 9.97. The van der Waals surface area contributed by atoms with E-state index in [9.17, 15) is 4.79 Å². The number of carbonyl (C=O) groups is 1. The number of thioether (sulfide) groups is 2. The number of anilines is 1. The molecule has 1 fully saturated rings. The lowest BCUT2D eigenvalue weighted by Crippen LogP contribution is -2.28. The average Bonchev–Trinajstić information content (AvgIpc) is 3.28. The van der Waals surface area contributed by atoms with Gasteiger partial charge in [-0.15, -0.1) is 0 Å². The van der Waals surface area contributed by atoms with E-state index in [-0.39, 0.29) is 5.91 Å². The fourth-order valence-corrected chi connectivity index (χ4v) is 5.20. The molecule has 0 N–H and O–H groups in total. The second kappa shape index (κ2) is 9.02. The number of benzene rings is 2. The van der Waals surface area contributed by atoms with Crippen molar-refractivity contribution in [1.82, 2.24) is 0 Å². The zero-order chi connectivity index (χ0) is 21.3. The predicted octanol–water partition coefficient (Wildman–Crippen LogP) is 7.25. The summed E-state index contributed by atoms with van der Waals surface area (Å²) in [5.74, 6) is 1.29. The number of carbonyl (C=O) groups excluding carboxylic acids is 1.